The van der Waals surface area contributed by atoms with Gasteiger partial charge in [-0.15, -0.1) is 0 Å². The van der Waals surface area contributed by atoms with Crippen molar-refractivity contribution in [2.75, 3.05) is 25.6 Å². The van der Waals surface area contributed by atoms with Gasteiger partial charge in [0.25, 0.3) is 0 Å². The Hall–Kier alpha value is -4.08. The van der Waals surface area contributed by atoms with Crippen molar-refractivity contribution in [2.45, 2.75) is 37.9 Å². The summed E-state index contributed by atoms with van der Waals surface area (Å²) in [6.45, 7) is 1.01. The number of ether oxygens (including phenoxy) is 5. The number of amides is 1. The molecule has 192 valence electrons. The Bertz CT molecular complexity index is 1340. The number of anilines is 1. The molecule has 10 heteroatoms. The number of pyridine rings is 2. The number of fused-ring (bicyclic) bond motifs is 2. The molecule has 2 aromatic heterocycles. The molecule has 0 unspecified atom stereocenters. The lowest BCUT2D eigenvalue weighted by atomic mass is 9.77. The van der Waals surface area contributed by atoms with Crippen LogP contribution in [0.15, 0.2) is 42.6 Å². The lowest BCUT2D eigenvalue weighted by molar-refractivity contribution is -0.121. The fraction of sp³-hybridized carbons (Fsp3) is 0.407. The van der Waals surface area contributed by atoms with Crippen LogP contribution in [0.5, 0.6) is 17.4 Å². The van der Waals surface area contributed by atoms with Crippen molar-refractivity contribution >= 4 is 28.8 Å². The molecule has 2 aliphatic heterocycles. The Kier molecular flexibility index (Phi) is 6.15. The van der Waals surface area contributed by atoms with Gasteiger partial charge in [-0.1, -0.05) is 0 Å². The summed E-state index contributed by atoms with van der Waals surface area (Å²) in [5.74, 6) is 1.67. The second kappa shape index (κ2) is 9.76. The number of hydrogen-bond acceptors (Lipinski definition) is 9. The summed E-state index contributed by atoms with van der Waals surface area (Å²) in [7, 11) is 1.55. The second-order valence-electron chi connectivity index (χ2n) is 9.45. The third kappa shape index (κ3) is 4.59. The summed E-state index contributed by atoms with van der Waals surface area (Å²) < 4.78 is 27.7. The molecule has 1 N–H and O–H groups in total. The van der Waals surface area contributed by atoms with E-state index < -0.39 is 18.4 Å². The van der Waals surface area contributed by atoms with Gasteiger partial charge in [-0.3, -0.25) is 9.78 Å². The standard InChI is InChI=1S/C27H27N3O7/c1-33-22-9-7-19-23(30-22)18(10-11-28-19)25-24(36-27(32)37-25)15-2-4-16(5-3-15)26(31)29-17-6-8-20-21(14-17)35-13-12-34-20/h6-11,14-16,24-25H,2-5,12-13H2,1H3,(H,29,31)/t15?,16?,24-,25-/m1/s1. The first-order valence-corrected chi connectivity index (χ1v) is 12.5. The van der Waals surface area contributed by atoms with E-state index in [0.717, 1.165) is 18.4 Å². The van der Waals surface area contributed by atoms with Crippen LogP contribution in [0.25, 0.3) is 11.0 Å². The Morgan fingerprint density at radius 2 is 1.81 bits per heavy atom. The van der Waals surface area contributed by atoms with Crippen molar-refractivity contribution in [3.63, 3.8) is 0 Å². The molecule has 1 saturated carbocycles. The summed E-state index contributed by atoms with van der Waals surface area (Å²) in [6, 6.07) is 10.8. The molecule has 6 rings (SSSR count). The fourth-order valence-electron chi connectivity index (χ4n) is 5.40. The monoisotopic (exact) mass is 505 g/mol. The Labute approximate surface area is 213 Å². The number of nitrogens with one attached hydrogen (secondary N) is 1. The summed E-state index contributed by atoms with van der Waals surface area (Å²) in [6.07, 6.45) is 2.75. The number of methoxy groups -OCH3 is 1. The van der Waals surface area contributed by atoms with E-state index in [-0.39, 0.29) is 17.7 Å². The number of cyclic esters (lactones) is 2. The Balaban J connectivity index is 1.14. The molecular weight excluding hydrogens is 478 g/mol. The van der Waals surface area contributed by atoms with E-state index in [1.807, 2.05) is 18.2 Å². The van der Waals surface area contributed by atoms with E-state index in [0.29, 0.717) is 60.2 Å². The zero-order chi connectivity index (χ0) is 25.4. The van der Waals surface area contributed by atoms with Crippen LogP contribution in [0.4, 0.5) is 10.5 Å². The average Bonchev–Trinajstić information content (AvgIpc) is 3.33. The molecule has 2 atom stereocenters. The largest absolute Gasteiger partial charge is 0.509 e. The van der Waals surface area contributed by atoms with Gasteiger partial charge in [0.2, 0.25) is 11.8 Å². The van der Waals surface area contributed by atoms with Crippen LogP contribution >= 0.6 is 0 Å². The first-order valence-electron chi connectivity index (χ1n) is 12.5. The quantitative estimate of drug-likeness (QED) is 0.502. The van der Waals surface area contributed by atoms with Crippen LogP contribution in [0.3, 0.4) is 0 Å². The third-order valence-corrected chi connectivity index (χ3v) is 7.28. The minimum absolute atomic E-state index is 0.0252. The molecule has 2 fully saturated rings. The average molecular weight is 506 g/mol. The predicted molar refractivity (Wildman–Crippen MR) is 132 cm³/mol. The van der Waals surface area contributed by atoms with Crippen molar-refractivity contribution in [3.05, 3.63) is 48.2 Å². The van der Waals surface area contributed by atoms with Crippen LogP contribution in [0.2, 0.25) is 0 Å². The van der Waals surface area contributed by atoms with Crippen molar-refractivity contribution in [3.8, 4) is 17.4 Å². The van der Waals surface area contributed by atoms with E-state index in [9.17, 15) is 9.59 Å². The van der Waals surface area contributed by atoms with Gasteiger partial charge in [0.05, 0.1) is 18.1 Å². The molecule has 3 aromatic rings. The molecule has 1 saturated heterocycles. The number of carbonyl (C=O) groups is 2. The van der Waals surface area contributed by atoms with Crippen molar-refractivity contribution in [1.82, 2.24) is 9.97 Å². The summed E-state index contributed by atoms with van der Waals surface area (Å²) >= 11 is 0. The highest BCUT2D eigenvalue weighted by molar-refractivity contribution is 5.93. The zero-order valence-electron chi connectivity index (χ0n) is 20.3. The summed E-state index contributed by atoms with van der Waals surface area (Å²) in [5.41, 5.74) is 2.71. The van der Waals surface area contributed by atoms with E-state index >= 15 is 0 Å². The number of carbonyl (C=O) groups excluding carboxylic acids is 2. The van der Waals surface area contributed by atoms with Gasteiger partial charge < -0.3 is 29.0 Å². The highest BCUT2D eigenvalue weighted by Gasteiger charge is 2.45. The first-order chi connectivity index (χ1) is 18.1. The lowest BCUT2D eigenvalue weighted by Gasteiger charge is -2.32. The molecule has 4 heterocycles. The van der Waals surface area contributed by atoms with Crippen molar-refractivity contribution in [2.24, 2.45) is 11.8 Å². The van der Waals surface area contributed by atoms with Gasteiger partial charge in [0.1, 0.15) is 19.3 Å². The van der Waals surface area contributed by atoms with Gasteiger partial charge in [0.15, 0.2) is 17.6 Å². The first kappa shape index (κ1) is 23.3. The smallest absolute Gasteiger partial charge is 0.486 e. The van der Waals surface area contributed by atoms with Crippen LogP contribution in [0.1, 0.15) is 37.4 Å². The number of benzene rings is 1. The van der Waals surface area contributed by atoms with Gasteiger partial charge >= 0.3 is 6.16 Å². The van der Waals surface area contributed by atoms with E-state index in [1.54, 1.807) is 31.5 Å². The Morgan fingerprint density at radius 1 is 1.00 bits per heavy atom. The van der Waals surface area contributed by atoms with Crippen LogP contribution < -0.4 is 19.5 Å². The maximum absolute atomic E-state index is 13.0. The zero-order valence-corrected chi connectivity index (χ0v) is 20.3. The normalized spacial score (nSPS) is 24.7. The molecule has 1 aromatic carbocycles. The van der Waals surface area contributed by atoms with Crippen LogP contribution in [-0.4, -0.2) is 48.5 Å². The van der Waals surface area contributed by atoms with Gasteiger partial charge in [0, 0.05) is 41.4 Å². The van der Waals surface area contributed by atoms with Gasteiger partial charge in [-0.2, -0.15) is 0 Å². The minimum Gasteiger partial charge on any atom is -0.486 e. The molecule has 0 spiro atoms. The molecule has 0 radical (unpaired) electrons. The number of hydrogen-bond donors (Lipinski definition) is 1. The maximum atomic E-state index is 13.0. The van der Waals surface area contributed by atoms with Crippen molar-refractivity contribution < 1.29 is 33.3 Å². The topological polar surface area (TPSA) is 118 Å². The molecule has 1 aliphatic carbocycles. The maximum Gasteiger partial charge on any atom is 0.509 e. The SMILES string of the molecule is COc1ccc2nccc([C@H]3OC(=O)O[C@@H]3C3CCC(C(=O)Nc4ccc5c(c4)OCCO5)CC3)c2n1. The number of rotatable bonds is 5. The van der Waals surface area contributed by atoms with E-state index in [1.165, 1.54) is 0 Å². The highest BCUT2D eigenvalue weighted by atomic mass is 16.8. The third-order valence-electron chi connectivity index (χ3n) is 7.28. The minimum atomic E-state index is -0.693. The molecule has 0 bridgehead atoms. The summed E-state index contributed by atoms with van der Waals surface area (Å²) in [4.78, 5) is 34.1. The molecular formula is C27H27N3O7. The highest BCUT2D eigenvalue weighted by Crippen LogP contribution is 2.43. The lowest BCUT2D eigenvalue weighted by Crippen LogP contribution is -2.33. The molecule has 10 nitrogen and oxygen atoms in total. The summed E-state index contributed by atoms with van der Waals surface area (Å²) in [5, 5.41) is 3.01. The predicted octanol–water partition coefficient (Wildman–Crippen LogP) is 4.43. The van der Waals surface area contributed by atoms with Crippen LogP contribution in [-0.2, 0) is 14.3 Å². The van der Waals surface area contributed by atoms with Gasteiger partial charge in [-0.25, -0.2) is 9.78 Å². The van der Waals surface area contributed by atoms with Crippen molar-refractivity contribution in [1.29, 1.82) is 0 Å². The van der Waals surface area contributed by atoms with Crippen LogP contribution in [0, 0.1) is 11.8 Å². The second-order valence-corrected chi connectivity index (χ2v) is 9.45. The van der Waals surface area contributed by atoms with Gasteiger partial charge in [-0.05, 0) is 49.9 Å². The molecule has 37 heavy (non-hydrogen) atoms. The molecule has 1 amide bonds. The number of nitrogens with zero attached hydrogens (tertiary/aromatic N) is 2. The van der Waals surface area contributed by atoms with E-state index in [4.69, 9.17) is 23.7 Å². The molecule has 3 aliphatic rings. The fourth-order valence-corrected chi connectivity index (χ4v) is 5.40. The Morgan fingerprint density at radius 3 is 2.62 bits per heavy atom. The number of aromatic nitrogens is 2. The van der Waals surface area contributed by atoms with E-state index in [2.05, 4.69) is 15.3 Å².